The molecule has 1 aromatic heterocycles. The summed E-state index contributed by atoms with van der Waals surface area (Å²) in [5.74, 6) is 0.967. The lowest BCUT2D eigenvalue weighted by Gasteiger charge is -2.29. The summed E-state index contributed by atoms with van der Waals surface area (Å²) in [6.07, 6.45) is 5.45. The number of aromatic nitrogens is 1. The van der Waals surface area contributed by atoms with Gasteiger partial charge in [-0.25, -0.2) is 9.78 Å². The second kappa shape index (κ2) is 9.92. The number of nitrogens with zero attached hydrogens (tertiary/aromatic N) is 3. The molecule has 1 aliphatic rings. The first-order valence-corrected chi connectivity index (χ1v) is 9.64. The van der Waals surface area contributed by atoms with Crippen LogP contribution in [0.25, 0.3) is 0 Å². The molecule has 3 rings (SSSR count). The average molecular weight is 368 g/mol. The highest BCUT2D eigenvalue weighted by Crippen LogP contribution is 2.21. The van der Waals surface area contributed by atoms with Gasteiger partial charge in [0.05, 0.1) is 6.61 Å². The first kappa shape index (κ1) is 19.2. The SMILES string of the molecule is O=C(NCc1cccnc1N1CCCCC1)N(CCO)Cc1ccccc1. The molecule has 0 aliphatic carbocycles. The Hall–Kier alpha value is -2.60. The number of urea groups is 1. The fourth-order valence-electron chi connectivity index (χ4n) is 3.42. The summed E-state index contributed by atoms with van der Waals surface area (Å²) in [5, 5.41) is 12.3. The van der Waals surface area contributed by atoms with Crippen LogP contribution < -0.4 is 10.2 Å². The van der Waals surface area contributed by atoms with Crippen molar-refractivity contribution in [3.05, 3.63) is 59.8 Å². The minimum Gasteiger partial charge on any atom is -0.395 e. The van der Waals surface area contributed by atoms with Gasteiger partial charge in [0.2, 0.25) is 0 Å². The molecule has 1 aromatic carbocycles. The van der Waals surface area contributed by atoms with E-state index in [1.807, 2.05) is 48.7 Å². The highest BCUT2D eigenvalue weighted by molar-refractivity contribution is 5.74. The number of aliphatic hydroxyl groups excluding tert-OH is 1. The number of aliphatic hydroxyl groups is 1. The van der Waals surface area contributed by atoms with Gasteiger partial charge in [0.1, 0.15) is 5.82 Å². The number of pyridine rings is 1. The van der Waals surface area contributed by atoms with Crippen LogP contribution in [0, 0.1) is 0 Å². The molecule has 2 N–H and O–H groups in total. The molecule has 0 atom stereocenters. The molecular weight excluding hydrogens is 340 g/mol. The largest absolute Gasteiger partial charge is 0.395 e. The predicted octanol–water partition coefficient (Wildman–Crippen LogP) is 2.78. The Morgan fingerprint density at radius 2 is 1.89 bits per heavy atom. The zero-order chi connectivity index (χ0) is 18.9. The van der Waals surface area contributed by atoms with E-state index in [0.29, 0.717) is 19.6 Å². The van der Waals surface area contributed by atoms with Crippen LogP contribution in [0.15, 0.2) is 48.7 Å². The van der Waals surface area contributed by atoms with Gasteiger partial charge >= 0.3 is 6.03 Å². The second-order valence-electron chi connectivity index (χ2n) is 6.82. The molecule has 1 saturated heterocycles. The quantitative estimate of drug-likeness (QED) is 0.789. The summed E-state index contributed by atoms with van der Waals surface area (Å²) in [6.45, 7) is 3.17. The van der Waals surface area contributed by atoms with Gasteiger partial charge in [0.15, 0.2) is 0 Å². The van der Waals surface area contributed by atoms with Crippen LogP contribution in [0.2, 0.25) is 0 Å². The lowest BCUT2D eigenvalue weighted by Crippen LogP contribution is -2.41. The monoisotopic (exact) mass is 368 g/mol. The van der Waals surface area contributed by atoms with Crippen LogP contribution in [0.4, 0.5) is 10.6 Å². The van der Waals surface area contributed by atoms with Gasteiger partial charge in [-0.15, -0.1) is 0 Å². The fraction of sp³-hybridized carbons (Fsp3) is 0.429. The van der Waals surface area contributed by atoms with Crippen molar-refractivity contribution in [2.75, 3.05) is 31.1 Å². The maximum absolute atomic E-state index is 12.7. The normalized spacial score (nSPS) is 14.0. The lowest BCUT2D eigenvalue weighted by molar-refractivity contribution is 0.173. The van der Waals surface area contributed by atoms with Crippen LogP contribution >= 0.6 is 0 Å². The number of nitrogens with one attached hydrogen (secondary N) is 1. The first-order valence-electron chi connectivity index (χ1n) is 9.64. The molecule has 144 valence electrons. The maximum atomic E-state index is 12.7. The summed E-state index contributed by atoms with van der Waals surface area (Å²) in [5.41, 5.74) is 2.06. The van der Waals surface area contributed by atoms with E-state index in [0.717, 1.165) is 30.0 Å². The van der Waals surface area contributed by atoms with Gasteiger partial charge in [-0.05, 0) is 30.9 Å². The molecule has 0 spiro atoms. The molecule has 2 heterocycles. The first-order chi connectivity index (χ1) is 13.3. The van der Waals surface area contributed by atoms with Crippen LogP contribution in [0.1, 0.15) is 30.4 Å². The Morgan fingerprint density at radius 3 is 2.63 bits per heavy atom. The van der Waals surface area contributed by atoms with Crippen molar-refractivity contribution in [2.45, 2.75) is 32.4 Å². The maximum Gasteiger partial charge on any atom is 0.318 e. The number of piperidine rings is 1. The predicted molar refractivity (Wildman–Crippen MR) is 106 cm³/mol. The summed E-state index contributed by atoms with van der Waals surface area (Å²) >= 11 is 0. The van der Waals surface area contributed by atoms with Gasteiger partial charge in [-0.1, -0.05) is 36.4 Å². The van der Waals surface area contributed by atoms with E-state index >= 15 is 0 Å². The van der Waals surface area contributed by atoms with Crippen LogP contribution in [-0.4, -0.2) is 47.3 Å². The Morgan fingerprint density at radius 1 is 1.11 bits per heavy atom. The number of hydrogen-bond acceptors (Lipinski definition) is 4. The highest BCUT2D eigenvalue weighted by Gasteiger charge is 2.17. The van der Waals surface area contributed by atoms with Crippen molar-refractivity contribution in [3.63, 3.8) is 0 Å². The molecule has 6 nitrogen and oxygen atoms in total. The Kier molecular flexibility index (Phi) is 7.04. The van der Waals surface area contributed by atoms with Crippen LogP contribution in [0.3, 0.4) is 0 Å². The van der Waals surface area contributed by atoms with Gasteiger partial charge in [0.25, 0.3) is 0 Å². The average Bonchev–Trinajstić information content (AvgIpc) is 2.73. The van der Waals surface area contributed by atoms with E-state index < -0.39 is 0 Å². The van der Waals surface area contributed by atoms with Gasteiger partial charge in [0, 0.05) is 44.5 Å². The van der Waals surface area contributed by atoms with Crippen molar-refractivity contribution >= 4 is 11.8 Å². The zero-order valence-corrected chi connectivity index (χ0v) is 15.7. The summed E-state index contributed by atoms with van der Waals surface area (Å²) in [6, 6.07) is 13.6. The number of anilines is 1. The number of amides is 2. The van der Waals surface area contributed by atoms with Gasteiger partial charge in [-0.2, -0.15) is 0 Å². The molecule has 27 heavy (non-hydrogen) atoms. The Bertz CT molecular complexity index is 717. The zero-order valence-electron chi connectivity index (χ0n) is 15.7. The topological polar surface area (TPSA) is 68.7 Å². The standard InChI is InChI=1S/C21H28N4O2/c26-15-14-25(17-18-8-3-1-4-9-18)21(27)23-16-19-10-7-11-22-20(19)24-12-5-2-6-13-24/h1,3-4,7-11,26H,2,5-6,12-17H2,(H,23,27). The van der Waals surface area contributed by atoms with Crippen molar-refractivity contribution < 1.29 is 9.90 Å². The number of hydrogen-bond donors (Lipinski definition) is 2. The minimum atomic E-state index is -0.179. The third-order valence-electron chi connectivity index (χ3n) is 4.83. The summed E-state index contributed by atoms with van der Waals surface area (Å²) in [7, 11) is 0. The molecule has 0 unspecified atom stereocenters. The lowest BCUT2D eigenvalue weighted by atomic mass is 10.1. The van der Waals surface area contributed by atoms with E-state index in [4.69, 9.17) is 0 Å². The summed E-state index contributed by atoms with van der Waals surface area (Å²) in [4.78, 5) is 21.2. The van der Waals surface area contributed by atoms with Gasteiger partial charge < -0.3 is 20.2 Å². The fourth-order valence-corrected chi connectivity index (χ4v) is 3.42. The Balaban J connectivity index is 1.63. The molecule has 0 radical (unpaired) electrons. The van der Waals surface area contributed by atoms with Crippen molar-refractivity contribution in [3.8, 4) is 0 Å². The van der Waals surface area contributed by atoms with E-state index in [9.17, 15) is 9.90 Å². The van der Waals surface area contributed by atoms with Crippen molar-refractivity contribution in [1.29, 1.82) is 0 Å². The van der Waals surface area contributed by atoms with Crippen LogP contribution in [-0.2, 0) is 13.1 Å². The van der Waals surface area contributed by atoms with Gasteiger partial charge in [-0.3, -0.25) is 0 Å². The number of carbonyl (C=O) groups is 1. The molecule has 0 bridgehead atoms. The molecule has 2 amide bonds. The van der Waals surface area contributed by atoms with E-state index in [1.54, 1.807) is 4.90 Å². The van der Waals surface area contributed by atoms with E-state index in [-0.39, 0.29) is 12.6 Å². The number of benzene rings is 1. The minimum absolute atomic E-state index is 0.0633. The number of carbonyl (C=O) groups excluding carboxylic acids is 1. The third-order valence-corrected chi connectivity index (χ3v) is 4.83. The van der Waals surface area contributed by atoms with Crippen molar-refractivity contribution in [2.24, 2.45) is 0 Å². The van der Waals surface area contributed by atoms with Crippen LogP contribution in [0.5, 0.6) is 0 Å². The molecule has 1 aliphatic heterocycles. The molecule has 0 saturated carbocycles. The third kappa shape index (κ3) is 5.44. The van der Waals surface area contributed by atoms with Crippen molar-refractivity contribution in [1.82, 2.24) is 15.2 Å². The Labute approximate surface area is 160 Å². The molecule has 1 fully saturated rings. The molecular formula is C21H28N4O2. The molecule has 2 aromatic rings. The smallest absolute Gasteiger partial charge is 0.318 e. The van der Waals surface area contributed by atoms with E-state index in [2.05, 4.69) is 15.2 Å². The van der Waals surface area contributed by atoms with E-state index in [1.165, 1.54) is 19.3 Å². The second-order valence-corrected chi connectivity index (χ2v) is 6.82. The number of rotatable bonds is 7. The highest BCUT2D eigenvalue weighted by atomic mass is 16.3. The molecule has 6 heteroatoms. The summed E-state index contributed by atoms with van der Waals surface area (Å²) < 4.78 is 0.